The Hall–Kier alpha value is -1.95. The molecule has 0 unspecified atom stereocenters. The first-order valence-corrected chi connectivity index (χ1v) is 8.09. The molecule has 0 atom stereocenters. The summed E-state index contributed by atoms with van der Waals surface area (Å²) in [5.74, 6) is 0.794. The van der Waals surface area contributed by atoms with E-state index in [0.29, 0.717) is 17.8 Å². The molecule has 0 aliphatic heterocycles. The van der Waals surface area contributed by atoms with Crippen LogP contribution in [-0.2, 0) is 6.42 Å². The van der Waals surface area contributed by atoms with Crippen LogP contribution in [0.3, 0.4) is 0 Å². The normalized spacial score (nSPS) is 12.1. The van der Waals surface area contributed by atoms with E-state index in [1.54, 1.807) is 6.07 Å². The summed E-state index contributed by atoms with van der Waals surface area (Å²) in [7, 11) is 4.07. The van der Waals surface area contributed by atoms with Crippen LogP contribution in [0.4, 0.5) is 0 Å². The van der Waals surface area contributed by atoms with E-state index in [1.807, 2.05) is 30.8 Å². The molecule has 2 rings (SSSR count). The van der Waals surface area contributed by atoms with Crippen molar-refractivity contribution in [2.45, 2.75) is 33.6 Å². The van der Waals surface area contributed by atoms with Crippen LogP contribution in [0.5, 0.6) is 0 Å². The second-order valence-corrected chi connectivity index (χ2v) is 7.07. The maximum absolute atomic E-state index is 12.6. The smallest absolute Gasteiger partial charge is 0.255 e. The van der Waals surface area contributed by atoms with Crippen LogP contribution >= 0.6 is 0 Å². The van der Waals surface area contributed by atoms with E-state index in [9.17, 15) is 4.79 Å². The number of aromatic nitrogens is 3. The van der Waals surface area contributed by atoms with E-state index in [0.717, 1.165) is 25.2 Å². The van der Waals surface area contributed by atoms with E-state index in [4.69, 9.17) is 0 Å². The number of amides is 1. The van der Waals surface area contributed by atoms with Gasteiger partial charge in [0, 0.05) is 25.7 Å². The summed E-state index contributed by atoms with van der Waals surface area (Å²) in [4.78, 5) is 14.7. The van der Waals surface area contributed by atoms with Crippen molar-refractivity contribution in [3.05, 3.63) is 29.7 Å². The first-order chi connectivity index (χ1) is 10.8. The van der Waals surface area contributed by atoms with Crippen molar-refractivity contribution in [3.8, 4) is 0 Å². The highest BCUT2D eigenvalue weighted by Crippen LogP contribution is 2.16. The second kappa shape index (κ2) is 7.08. The lowest BCUT2D eigenvalue weighted by molar-refractivity contribution is 0.0930. The van der Waals surface area contributed by atoms with Crippen molar-refractivity contribution in [2.75, 3.05) is 27.2 Å². The van der Waals surface area contributed by atoms with Gasteiger partial charge in [0.05, 0.1) is 5.56 Å². The minimum absolute atomic E-state index is 0.00523. The number of carbonyl (C=O) groups is 1. The van der Waals surface area contributed by atoms with E-state index < -0.39 is 0 Å². The largest absolute Gasteiger partial charge is 0.351 e. The molecule has 0 fully saturated rings. The Kier molecular flexibility index (Phi) is 5.36. The number of fused-ring (bicyclic) bond motifs is 1. The van der Waals surface area contributed by atoms with Crippen molar-refractivity contribution < 1.29 is 4.79 Å². The quantitative estimate of drug-likeness (QED) is 0.848. The van der Waals surface area contributed by atoms with Crippen LogP contribution in [0.1, 0.15) is 43.4 Å². The van der Waals surface area contributed by atoms with Crippen LogP contribution in [0.25, 0.3) is 5.65 Å². The number of nitrogens with one attached hydrogen (secondary N) is 1. The third-order valence-electron chi connectivity index (χ3n) is 3.70. The number of rotatable bonds is 7. The summed E-state index contributed by atoms with van der Waals surface area (Å²) in [6.07, 6.45) is 3.76. The number of hydrogen-bond donors (Lipinski definition) is 1. The standard InChI is InChI=1S/C17H27N5O/c1-6-8-14-19-20-15-13(9-7-10-22(14)15)16(23)18-11-17(2,3)12-21(4)5/h7,9-10H,6,8,11-12H2,1-5H3,(H,18,23). The summed E-state index contributed by atoms with van der Waals surface area (Å²) in [5, 5.41) is 11.4. The van der Waals surface area contributed by atoms with Gasteiger partial charge in [0.15, 0.2) is 5.65 Å². The predicted octanol–water partition coefficient (Wildman–Crippen LogP) is 2.00. The van der Waals surface area contributed by atoms with Gasteiger partial charge in [-0.3, -0.25) is 9.20 Å². The number of nitrogens with zero attached hydrogens (tertiary/aromatic N) is 4. The Balaban J connectivity index is 2.15. The maximum atomic E-state index is 12.6. The molecule has 6 heteroatoms. The number of aryl methyl sites for hydroxylation is 1. The van der Waals surface area contributed by atoms with Crippen LogP contribution in [-0.4, -0.2) is 52.6 Å². The van der Waals surface area contributed by atoms with Gasteiger partial charge in [-0.1, -0.05) is 20.8 Å². The van der Waals surface area contributed by atoms with E-state index in [-0.39, 0.29) is 11.3 Å². The number of pyridine rings is 1. The van der Waals surface area contributed by atoms with Gasteiger partial charge in [0.2, 0.25) is 0 Å². The van der Waals surface area contributed by atoms with Crippen molar-refractivity contribution in [2.24, 2.45) is 5.41 Å². The fraction of sp³-hybridized carbons (Fsp3) is 0.588. The maximum Gasteiger partial charge on any atom is 0.255 e. The van der Waals surface area contributed by atoms with Gasteiger partial charge >= 0.3 is 0 Å². The Morgan fingerprint density at radius 3 is 2.74 bits per heavy atom. The summed E-state index contributed by atoms with van der Waals surface area (Å²) in [6, 6.07) is 3.67. The molecule has 0 aliphatic rings. The molecule has 126 valence electrons. The van der Waals surface area contributed by atoms with Gasteiger partial charge in [0.25, 0.3) is 5.91 Å². The third-order valence-corrected chi connectivity index (χ3v) is 3.70. The van der Waals surface area contributed by atoms with Crippen molar-refractivity contribution in [1.82, 2.24) is 24.8 Å². The SMILES string of the molecule is CCCc1nnc2c(C(=O)NCC(C)(C)CN(C)C)cccn12. The Bertz CT molecular complexity index is 675. The molecule has 23 heavy (non-hydrogen) atoms. The Morgan fingerprint density at radius 2 is 2.09 bits per heavy atom. The topological polar surface area (TPSA) is 62.5 Å². The molecule has 1 amide bonds. The highest BCUT2D eigenvalue weighted by molar-refractivity contribution is 5.99. The molecule has 0 saturated carbocycles. The van der Waals surface area contributed by atoms with E-state index in [1.165, 1.54) is 0 Å². The highest BCUT2D eigenvalue weighted by atomic mass is 16.1. The fourth-order valence-corrected chi connectivity index (χ4v) is 2.86. The first kappa shape index (κ1) is 17.4. The minimum Gasteiger partial charge on any atom is -0.351 e. The predicted molar refractivity (Wildman–Crippen MR) is 91.7 cm³/mol. The molecular formula is C17H27N5O. The van der Waals surface area contributed by atoms with Gasteiger partial charge in [-0.25, -0.2) is 0 Å². The Labute approximate surface area is 137 Å². The Morgan fingerprint density at radius 1 is 1.35 bits per heavy atom. The van der Waals surface area contributed by atoms with Crippen molar-refractivity contribution >= 4 is 11.6 Å². The van der Waals surface area contributed by atoms with Gasteiger partial charge in [-0.15, -0.1) is 10.2 Å². The van der Waals surface area contributed by atoms with Gasteiger partial charge in [-0.2, -0.15) is 0 Å². The highest BCUT2D eigenvalue weighted by Gasteiger charge is 2.21. The van der Waals surface area contributed by atoms with Crippen LogP contribution in [0, 0.1) is 5.41 Å². The molecule has 0 aromatic carbocycles. The average molecular weight is 317 g/mol. The fourth-order valence-electron chi connectivity index (χ4n) is 2.86. The van der Waals surface area contributed by atoms with E-state index in [2.05, 4.69) is 41.2 Å². The lowest BCUT2D eigenvalue weighted by Gasteiger charge is -2.28. The molecule has 0 spiro atoms. The average Bonchev–Trinajstić information content (AvgIpc) is 2.87. The molecule has 0 bridgehead atoms. The first-order valence-electron chi connectivity index (χ1n) is 8.09. The lowest BCUT2D eigenvalue weighted by Crippen LogP contribution is -2.40. The summed E-state index contributed by atoms with van der Waals surface area (Å²) < 4.78 is 1.91. The summed E-state index contributed by atoms with van der Waals surface area (Å²) >= 11 is 0. The third kappa shape index (κ3) is 4.28. The molecule has 0 saturated heterocycles. The molecule has 0 radical (unpaired) electrons. The molecule has 1 N–H and O–H groups in total. The number of carbonyl (C=O) groups excluding carboxylic acids is 1. The van der Waals surface area contributed by atoms with Gasteiger partial charge < -0.3 is 10.2 Å². The van der Waals surface area contributed by atoms with E-state index >= 15 is 0 Å². The minimum atomic E-state index is -0.0992. The molecule has 0 aliphatic carbocycles. The van der Waals surface area contributed by atoms with Gasteiger partial charge in [-0.05, 0) is 38.1 Å². The lowest BCUT2D eigenvalue weighted by atomic mass is 9.93. The number of hydrogen-bond acceptors (Lipinski definition) is 4. The van der Waals surface area contributed by atoms with Crippen molar-refractivity contribution in [3.63, 3.8) is 0 Å². The van der Waals surface area contributed by atoms with Crippen LogP contribution < -0.4 is 5.32 Å². The molecule has 2 aromatic rings. The molecule has 2 heterocycles. The molecular weight excluding hydrogens is 290 g/mol. The van der Waals surface area contributed by atoms with Crippen molar-refractivity contribution in [1.29, 1.82) is 0 Å². The van der Waals surface area contributed by atoms with Crippen LogP contribution in [0.2, 0.25) is 0 Å². The van der Waals surface area contributed by atoms with Gasteiger partial charge in [0.1, 0.15) is 5.82 Å². The zero-order valence-corrected chi connectivity index (χ0v) is 14.8. The summed E-state index contributed by atoms with van der Waals surface area (Å²) in [6.45, 7) is 7.91. The zero-order chi connectivity index (χ0) is 17.0. The molecule has 6 nitrogen and oxygen atoms in total. The monoisotopic (exact) mass is 317 g/mol. The molecule has 2 aromatic heterocycles. The zero-order valence-electron chi connectivity index (χ0n) is 14.8. The van der Waals surface area contributed by atoms with Crippen LogP contribution in [0.15, 0.2) is 18.3 Å². The summed E-state index contributed by atoms with van der Waals surface area (Å²) in [5.41, 5.74) is 1.20. The second-order valence-electron chi connectivity index (χ2n) is 7.07.